The summed E-state index contributed by atoms with van der Waals surface area (Å²) in [5.74, 6) is -24.1. The van der Waals surface area contributed by atoms with E-state index in [0.29, 0.717) is 24.3 Å². The van der Waals surface area contributed by atoms with E-state index < -0.39 is 57.9 Å². The van der Waals surface area contributed by atoms with Crippen LogP contribution in [0.25, 0.3) is 0 Å². The number of halogens is 6. The van der Waals surface area contributed by atoms with Gasteiger partial charge in [-0.25, -0.2) is 0 Å². The number of anilines is 2. The largest absolute Gasteiger partial charge is 0.506 e. The smallest absolute Gasteiger partial charge is 0.397 e. The van der Waals surface area contributed by atoms with Crippen LogP contribution < -0.4 is 20.9 Å². The van der Waals surface area contributed by atoms with Crippen LogP contribution in [0.3, 0.4) is 0 Å². The summed E-state index contributed by atoms with van der Waals surface area (Å²) in [7, 11) is 0. The van der Waals surface area contributed by atoms with Crippen molar-refractivity contribution in [3.8, 4) is 23.0 Å². The molecule has 1 aliphatic carbocycles. The van der Waals surface area contributed by atoms with Crippen molar-refractivity contribution >= 4 is 11.4 Å². The maximum Gasteiger partial charge on any atom is 0.397 e. The zero-order valence-electron chi connectivity index (χ0n) is 13.6. The second-order valence-corrected chi connectivity index (χ2v) is 5.98. The minimum Gasteiger partial charge on any atom is -0.506 e. The maximum atomic E-state index is 14.5. The zero-order chi connectivity index (χ0) is 21.1. The number of nitrogens with two attached hydrogens (primary N) is 2. The quantitative estimate of drug-likeness (QED) is 0.350. The molecule has 0 bridgehead atoms. The SMILES string of the molecule is Nc1cc(OC2(F)C(F)(F)C(F)(Oc3ccc(O)c(N)c3)C2(F)F)ccc1O. The number of hydrogen-bond acceptors (Lipinski definition) is 6. The standard InChI is InChI=1S/C16H12F6N2O4/c17-13(18)15(21,27-7-1-3-11(25)9(23)5-7)14(19,20)16(13,22)28-8-2-4-12(26)10(24)6-8/h1-6,25-26H,23-24H2. The highest BCUT2D eigenvalue weighted by molar-refractivity contribution is 5.56. The molecule has 0 amide bonds. The van der Waals surface area contributed by atoms with Crippen molar-refractivity contribution in [3.05, 3.63) is 36.4 Å². The summed E-state index contributed by atoms with van der Waals surface area (Å²) >= 11 is 0. The molecule has 28 heavy (non-hydrogen) atoms. The third kappa shape index (κ3) is 2.29. The van der Waals surface area contributed by atoms with Crippen LogP contribution in [0.4, 0.5) is 37.7 Å². The minimum absolute atomic E-state index is 0.477. The lowest BCUT2D eigenvalue weighted by atomic mass is 9.76. The van der Waals surface area contributed by atoms with E-state index >= 15 is 0 Å². The van der Waals surface area contributed by atoms with Gasteiger partial charge in [0.15, 0.2) is 0 Å². The van der Waals surface area contributed by atoms with Crippen LogP contribution >= 0.6 is 0 Å². The lowest BCUT2D eigenvalue weighted by Crippen LogP contribution is -2.89. The molecule has 6 nitrogen and oxygen atoms in total. The highest BCUT2D eigenvalue weighted by atomic mass is 19.3. The zero-order valence-corrected chi connectivity index (χ0v) is 13.6. The maximum absolute atomic E-state index is 14.5. The van der Waals surface area contributed by atoms with Crippen molar-refractivity contribution in [2.75, 3.05) is 11.5 Å². The second-order valence-electron chi connectivity index (χ2n) is 5.98. The van der Waals surface area contributed by atoms with Gasteiger partial charge in [0.25, 0.3) is 0 Å². The molecule has 2 aromatic rings. The fourth-order valence-electron chi connectivity index (χ4n) is 2.52. The van der Waals surface area contributed by atoms with E-state index in [1.807, 2.05) is 0 Å². The van der Waals surface area contributed by atoms with Gasteiger partial charge in [0, 0.05) is 12.1 Å². The van der Waals surface area contributed by atoms with Gasteiger partial charge < -0.3 is 31.2 Å². The highest BCUT2D eigenvalue weighted by Crippen LogP contribution is 2.68. The lowest BCUT2D eigenvalue weighted by Gasteiger charge is -2.55. The average Bonchev–Trinajstić information content (AvgIpc) is 2.60. The molecule has 0 atom stereocenters. The van der Waals surface area contributed by atoms with Crippen molar-refractivity contribution in [2.24, 2.45) is 0 Å². The molecule has 1 aliphatic rings. The van der Waals surface area contributed by atoms with Gasteiger partial charge in [0.1, 0.15) is 23.0 Å². The number of benzene rings is 2. The first-order chi connectivity index (χ1) is 12.8. The Balaban J connectivity index is 1.95. The highest BCUT2D eigenvalue weighted by Gasteiger charge is 3.03. The van der Waals surface area contributed by atoms with Crippen LogP contribution in [0.5, 0.6) is 23.0 Å². The van der Waals surface area contributed by atoms with Crippen molar-refractivity contribution in [1.82, 2.24) is 0 Å². The first-order valence-electron chi connectivity index (χ1n) is 7.45. The molecule has 2 aromatic carbocycles. The molecule has 0 spiro atoms. The summed E-state index contributed by atoms with van der Waals surface area (Å²) in [5, 5.41) is 18.5. The number of alkyl halides is 6. The topological polar surface area (TPSA) is 111 Å². The number of phenolic OH excluding ortho intramolecular Hbond substituents is 2. The number of hydrogen-bond donors (Lipinski definition) is 4. The lowest BCUT2D eigenvalue weighted by molar-refractivity contribution is -0.527. The van der Waals surface area contributed by atoms with Gasteiger partial charge >= 0.3 is 23.6 Å². The molecule has 0 heterocycles. The van der Waals surface area contributed by atoms with Crippen LogP contribution in [0, 0.1) is 0 Å². The molecule has 1 fully saturated rings. The third-order valence-corrected chi connectivity index (χ3v) is 4.13. The number of rotatable bonds is 4. The van der Waals surface area contributed by atoms with E-state index in [9.17, 15) is 36.6 Å². The van der Waals surface area contributed by atoms with Crippen molar-refractivity contribution in [2.45, 2.75) is 23.6 Å². The Morgan fingerprint density at radius 2 is 0.964 bits per heavy atom. The molecule has 0 aromatic heterocycles. The fraction of sp³-hybridized carbons (Fsp3) is 0.250. The molecule has 6 N–H and O–H groups in total. The predicted molar refractivity (Wildman–Crippen MR) is 83.9 cm³/mol. The Morgan fingerprint density at radius 1 is 0.643 bits per heavy atom. The number of aromatic hydroxyl groups is 2. The third-order valence-electron chi connectivity index (χ3n) is 4.13. The van der Waals surface area contributed by atoms with Gasteiger partial charge in [-0.05, 0) is 24.3 Å². The van der Waals surface area contributed by atoms with Crippen molar-refractivity contribution in [1.29, 1.82) is 0 Å². The molecule has 152 valence electrons. The Morgan fingerprint density at radius 3 is 1.25 bits per heavy atom. The summed E-state index contributed by atoms with van der Waals surface area (Å²) in [4.78, 5) is 0. The summed E-state index contributed by atoms with van der Waals surface area (Å²) in [5.41, 5.74) is 9.56. The van der Waals surface area contributed by atoms with Crippen LogP contribution in [0.2, 0.25) is 0 Å². The number of phenols is 2. The van der Waals surface area contributed by atoms with Gasteiger partial charge in [0.2, 0.25) is 0 Å². The molecule has 0 aliphatic heterocycles. The van der Waals surface area contributed by atoms with Gasteiger partial charge in [0.05, 0.1) is 11.4 Å². The molecule has 3 rings (SSSR count). The van der Waals surface area contributed by atoms with Crippen molar-refractivity contribution in [3.63, 3.8) is 0 Å². The number of ether oxygens (including phenoxy) is 2. The van der Waals surface area contributed by atoms with Crippen LogP contribution in [-0.2, 0) is 0 Å². The molecule has 0 radical (unpaired) electrons. The van der Waals surface area contributed by atoms with Crippen LogP contribution in [0.1, 0.15) is 0 Å². The van der Waals surface area contributed by atoms with E-state index in [1.54, 1.807) is 0 Å². The minimum atomic E-state index is -5.48. The van der Waals surface area contributed by atoms with E-state index in [0.717, 1.165) is 12.1 Å². The molecular weight excluding hydrogens is 398 g/mol. The second kappa shape index (κ2) is 5.66. The normalized spacial score (nSPS) is 27.6. The van der Waals surface area contributed by atoms with E-state index in [-0.39, 0.29) is 0 Å². The summed E-state index contributed by atoms with van der Waals surface area (Å²) in [6.45, 7) is 0. The van der Waals surface area contributed by atoms with E-state index in [1.165, 1.54) is 0 Å². The molecular formula is C16H12F6N2O4. The summed E-state index contributed by atoms with van der Waals surface area (Å²) < 4.78 is 94.0. The first-order valence-corrected chi connectivity index (χ1v) is 7.45. The van der Waals surface area contributed by atoms with Gasteiger partial charge in [-0.3, -0.25) is 0 Å². The molecule has 0 unspecified atom stereocenters. The Labute approximate surface area is 152 Å². The van der Waals surface area contributed by atoms with Crippen molar-refractivity contribution < 1.29 is 46.0 Å². The monoisotopic (exact) mass is 410 g/mol. The van der Waals surface area contributed by atoms with Crippen LogP contribution in [0.15, 0.2) is 36.4 Å². The summed E-state index contributed by atoms with van der Waals surface area (Å²) in [6.07, 6.45) is 0. The Hall–Kier alpha value is -3.18. The molecule has 0 saturated heterocycles. The first kappa shape index (κ1) is 19.6. The van der Waals surface area contributed by atoms with Gasteiger partial charge in [-0.2, -0.15) is 26.3 Å². The number of nitrogen functional groups attached to an aromatic ring is 2. The Kier molecular flexibility index (Phi) is 3.96. The Bertz CT molecular complexity index is 852. The van der Waals surface area contributed by atoms with E-state index in [4.69, 9.17) is 11.5 Å². The average molecular weight is 410 g/mol. The molecule has 1 saturated carbocycles. The fourth-order valence-corrected chi connectivity index (χ4v) is 2.52. The molecule has 12 heteroatoms. The van der Waals surface area contributed by atoms with E-state index in [2.05, 4.69) is 9.47 Å². The summed E-state index contributed by atoms with van der Waals surface area (Å²) in [6, 6.07) is 4.12. The predicted octanol–water partition coefficient (Wildman–Crippen LogP) is 3.34. The van der Waals surface area contributed by atoms with Crippen LogP contribution in [-0.4, -0.2) is 33.8 Å². The van der Waals surface area contributed by atoms with Gasteiger partial charge in [-0.15, -0.1) is 0 Å². The van der Waals surface area contributed by atoms with Gasteiger partial charge in [-0.1, -0.05) is 0 Å².